The van der Waals surface area contributed by atoms with Gasteiger partial charge < -0.3 is 9.84 Å². The molecule has 122 valence electrons. The Bertz CT molecular complexity index is 672. The number of pyridine rings is 1. The Morgan fingerprint density at radius 2 is 2.00 bits per heavy atom. The van der Waals surface area contributed by atoms with Crippen LogP contribution in [0.15, 0.2) is 36.5 Å². The number of aliphatic carboxylic acids is 1. The number of nitrogens with zero attached hydrogens (tertiary/aromatic N) is 1. The lowest BCUT2D eigenvalue weighted by Crippen LogP contribution is -2.31. The van der Waals surface area contributed by atoms with Gasteiger partial charge in [0.15, 0.2) is 0 Å². The lowest BCUT2D eigenvalue weighted by molar-refractivity contribution is -0.144. The van der Waals surface area contributed by atoms with E-state index in [0.29, 0.717) is 6.42 Å². The molecule has 4 heteroatoms. The van der Waals surface area contributed by atoms with Gasteiger partial charge in [-0.05, 0) is 56.2 Å². The molecule has 0 saturated heterocycles. The van der Waals surface area contributed by atoms with E-state index < -0.39 is 5.97 Å². The van der Waals surface area contributed by atoms with Gasteiger partial charge in [-0.15, -0.1) is 0 Å². The van der Waals surface area contributed by atoms with Gasteiger partial charge in [0.1, 0.15) is 5.75 Å². The van der Waals surface area contributed by atoms with Crippen molar-refractivity contribution in [2.75, 3.05) is 0 Å². The SMILES string of the molecule is CCC(C(=O)O)[C@H]1CC[C@@H](Oc2ccnc3ccccc23)CC1. The maximum absolute atomic E-state index is 11.3. The highest BCUT2D eigenvalue weighted by Gasteiger charge is 2.31. The van der Waals surface area contributed by atoms with E-state index in [1.54, 1.807) is 6.20 Å². The second kappa shape index (κ2) is 6.99. The van der Waals surface area contributed by atoms with E-state index >= 15 is 0 Å². The molecule has 1 aromatic carbocycles. The molecular weight excluding hydrogens is 290 g/mol. The molecule has 1 N–H and O–H groups in total. The summed E-state index contributed by atoms with van der Waals surface area (Å²) in [6, 6.07) is 9.90. The number of benzene rings is 1. The molecule has 1 aliphatic rings. The lowest BCUT2D eigenvalue weighted by atomic mass is 9.78. The maximum atomic E-state index is 11.3. The Morgan fingerprint density at radius 3 is 2.70 bits per heavy atom. The molecule has 1 fully saturated rings. The predicted octanol–water partition coefficient (Wildman–Crippen LogP) is 4.28. The number of hydrogen-bond donors (Lipinski definition) is 1. The summed E-state index contributed by atoms with van der Waals surface area (Å²) in [6.07, 6.45) is 6.36. The molecule has 0 aliphatic heterocycles. The number of carboxylic acids is 1. The van der Waals surface area contributed by atoms with Gasteiger partial charge in [-0.3, -0.25) is 9.78 Å². The summed E-state index contributed by atoms with van der Waals surface area (Å²) in [4.78, 5) is 15.7. The van der Waals surface area contributed by atoms with E-state index in [-0.39, 0.29) is 17.9 Å². The van der Waals surface area contributed by atoms with Gasteiger partial charge in [0.2, 0.25) is 0 Å². The van der Waals surface area contributed by atoms with Gasteiger partial charge >= 0.3 is 5.97 Å². The van der Waals surface area contributed by atoms with Gasteiger partial charge in [0.25, 0.3) is 0 Å². The normalized spacial score (nSPS) is 22.7. The number of para-hydroxylation sites is 1. The van der Waals surface area contributed by atoms with Gasteiger partial charge in [-0.25, -0.2) is 0 Å². The van der Waals surface area contributed by atoms with Crippen molar-refractivity contribution in [1.29, 1.82) is 0 Å². The highest BCUT2D eigenvalue weighted by atomic mass is 16.5. The minimum absolute atomic E-state index is 0.170. The first kappa shape index (κ1) is 15.8. The van der Waals surface area contributed by atoms with Crippen LogP contribution in [0.3, 0.4) is 0 Å². The topological polar surface area (TPSA) is 59.4 Å². The molecule has 2 aromatic rings. The lowest BCUT2D eigenvalue weighted by Gasteiger charge is -2.32. The molecule has 3 rings (SSSR count). The third-order valence-electron chi connectivity index (χ3n) is 4.95. The number of rotatable bonds is 5. The third kappa shape index (κ3) is 3.46. The van der Waals surface area contributed by atoms with Crippen molar-refractivity contribution >= 4 is 16.9 Å². The number of fused-ring (bicyclic) bond motifs is 1. The Hall–Kier alpha value is -2.10. The van der Waals surface area contributed by atoms with E-state index in [2.05, 4.69) is 4.98 Å². The Kier molecular flexibility index (Phi) is 4.79. The van der Waals surface area contributed by atoms with Crippen LogP contribution in [0.1, 0.15) is 39.0 Å². The van der Waals surface area contributed by atoms with E-state index in [0.717, 1.165) is 42.3 Å². The summed E-state index contributed by atoms with van der Waals surface area (Å²) < 4.78 is 6.20. The fraction of sp³-hybridized carbons (Fsp3) is 0.474. The zero-order valence-corrected chi connectivity index (χ0v) is 13.4. The summed E-state index contributed by atoms with van der Waals surface area (Å²) in [5, 5.41) is 10.3. The van der Waals surface area contributed by atoms with E-state index in [1.807, 2.05) is 37.3 Å². The average Bonchev–Trinajstić information content (AvgIpc) is 2.57. The van der Waals surface area contributed by atoms with Crippen LogP contribution in [0.4, 0.5) is 0 Å². The average molecular weight is 313 g/mol. The molecule has 0 spiro atoms. The van der Waals surface area contributed by atoms with Crippen LogP contribution in [0.5, 0.6) is 5.75 Å². The number of hydrogen-bond acceptors (Lipinski definition) is 3. The summed E-state index contributed by atoms with van der Waals surface area (Å²) in [7, 11) is 0. The number of carboxylic acid groups (broad SMARTS) is 1. The van der Waals surface area contributed by atoms with E-state index in [1.165, 1.54) is 0 Å². The van der Waals surface area contributed by atoms with E-state index in [4.69, 9.17) is 4.74 Å². The summed E-state index contributed by atoms with van der Waals surface area (Å²) in [6.45, 7) is 1.96. The van der Waals surface area contributed by atoms with Crippen LogP contribution in [-0.2, 0) is 4.79 Å². The van der Waals surface area contributed by atoms with Crippen LogP contribution in [0.25, 0.3) is 10.9 Å². The van der Waals surface area contributed by atoms with E-state index in [9.17, 15) is 9.90 Å². The highest BCUT2D eigenvalue weighted by Crippen LogP contribution is 2.35. The zero-order chi connectivity index (χ0) is 16.2. The van der Waals surface area contributed by atoms with Crippen LogP contribution in [-0.4, -0.2) is 22.2 Å². The molecule has 1 unspecified atom stereocenters. The van der Waals surface area contributed by atoms with Crippen molar-refractivity contribution in [1.82, 2.24) is 4.98 Å². The summed E-state index contributed by atoms with van der Waals surface area (Å²) in [5.74, 6) is 0.297. The summed E-state index contributed by atoms with van der Waals surface area (Å²) in [5.41, 5.74) is 0.940. The molecule has 0 amide bonds. The van der Waals surface area contributed by atoms with Crippen molar-refractivity contribution < 1.29 is 14.6 Å². The van der Waals surface area contributed by atoms with Crippen molar-refractivity contribution in [3.63, 3.8) is 0 Å². The minimum atomic E-state index is -0.656. The first-order valence-corrected chi connectivity index (χ1v) is 8.42. The predicted molar refractivity (Wildman–Crippen MR) is 89.5 cm³/mol. The smallest absolute Gasteiger partial charge is 0.306 e. The molecule has 1 saturated carbocycles. The molecule has 0 bridgehead atoms. The van der Waals surface area contributed by atoms with Crippen LogP contribution in [0.2, 0.25) is 0 Å². The fourth-order valence-corrected chi connectivity index (χ4v) is 3.67. The third-order valence-corrected chi connectivity index (χ3v) is 4.95. The fourth-order valence-electron chi connectivity index (χ4n) is 3.67. The second-order valence-corrected chi connectivity index (χ2v) is 6.33. The van der Waals surface area contributed by atoms with Gasteiger partial charge in [0.05, 0.1) is 17.5 Å². The maximum Gasteiger partial charge on any atom is 0.306 e. The van der Waals surface area contributed by atoms with Crippen LogP contribution in [0, 0.1) is 11.8 Å². The molecule has 0 radical (unpaired) electrons. The number of ether oxygens (including phenoxy) is 1. The van der Waals surface area contributed by atoms with Gasteiger partial charge in [0, 0.05) is 11.6 Å². The largest absolute Gasteiger partial charge is 0.490 e. The quantitative estimate of drug-likeness (QED) is 0.895. The molecule has 4 nitrogen and oxygen atoms in total. The van der Waals surface area contributed by atoms with Gasteiger partial charge in [-0.2, -0.15) is 0 Å². The van der Waals surface area contributed by atoms with Crippen molar-refractivity contribution in [3.05, 3.63) is 36.5 Å². The number of carbonyl (C=O) groups is 1. The molecule has 1 atom stereocenters. The first-order chi connectivity index (χ1) is 11.2. The summed E-state index contributed by atoms with van der Waals surface area (Å²) >= 11 is 0. The molecule has 23 heavy (non-hydrogen) atoms. The molecule has 1 aliphatic carbocycles. The minimum Gasteiger partial charge on any atom is -0.490 e. The Labute approximate surface area is 136 Å². The van der Waals surface area contributed by atoms with Crippen molar-refractivity contribution in [2.45, 2.75) is 45.1 Å². The van der Waals surface area contributed by atoms with Crippen molar-refractivity contribution in [3.8, 4) is 5.75 Å². The monoisotopic (exact) mass is 313 g/mol. The van der Waals surface area contributed by atoms with Crippen LogP contribution >= 0.6 is 0 Å². The highest BCUT2D eigenvalue weighted by molar-refractivity contribution is 5.84. The van der Waals surface area contributed by atoms with Gasteiger partial charge in [-0.1, -0.05) is 19.1 Å². The molecular formula is C19H23NO3. The zero-order valence-electron chi connectivity index (χ0n) is 13.4. The Balaban J connectivity index is 1.65. The molecule has 1 heterocycles. The number of aromatic nitrogens is 1. The van der Waals surface area contributed by atoms with Crippen LogP contribution < -0.4 is 4.74 Å². The van der Waals surface area contributed by atoms with Crippen molar-refractivity contribution in [2.24, 2.45) is 11.8 Å². The second-order valence-electron chi connectivity index (χ2n) is 6.33. The Morgan fingerprint density at radius 1 is 1.26 bits per heavy atom. The first-order valence-electron chi connectivity index (χ1n) is 8.42. The molecule has 1 aromatic heterocycles. The standard InChI is InChI=1S/C19H23NO3/c1-2-15(19(21)22)13-7-9-14(10-8-13)23-18-11-12-20-17-6-4-3-5-16(17)18/h3-6,11-15H,2,7-10H2,1H3,(H,21,22)/t13-,14+,15?.